The fourth-order valence-corrected chi connectivity index (χ4v) is 2.67. The van der Waals surface area contributed by atoms with Gasteiger partial charge >= 0.3 is 0 Å². The first-order valence-electron chi connectivity index (χ1n) is 5.18. The molecule has 1 fully saturated rings. The van der Waals surface area contributed by atoms with Crippen molar-refractivity contribution >= 4 is 12.6 Å². The summed E-state index contributed by atoms with van der Waals surface area (Å²) < 4.78 is 1.78. The fraction of sp³-hybridized carbons (Fsp3) is 0.700. The van der Waals surface area contributed by atoms with Crippen molar-refractivity contribution in [3.8, 4) is 6.07 Å². The van der Waals surface area contributed by atoms with E-state index in [0.29, 0.717) is 0 Å². The molecule has 1 aromatic rings. The Labute approximate surface area is 94.7 Å². The van der Waals surface area contributed by atoms with Crippen molar-refractivity contribution in [3.63, 3.8) is 0 Å². The molecule has 0 radical (unpaired) electrons. The highest BCUT2D eigenvalue weighted by atomic mass is 32.1. The third-order valence-corrected chi connectivity index (χ3v) is 3.80. The largest absolute Gasteiger partial charge is 0.252 e. The number of hydrogen-bond acceptors (Lipinski definition) is 4. The molecule has 0 amide bonds. The molecule has 0 atom stereocenters. The monoisotopic (exact) mass is 222 g/mol. The van der Waals surface area contributed by atoms with Crippen molar-refractivity contribution in [1.82, 2.24) is 14.8 Å². The lowest BCUT2D eigenvalue weighted by Gasteiger charge is -2.26. The average Bonchev–Trinajstić information content (AvgIpc) is 2.88. The number of hydrogen-bond donors (Lipinski definition) is 1. The van der Waals surface area contributed by atoms with Gasteiger partial charge in [-0.1, -0.05) is 12.8 Å². The third-order valence-electron chi connectivity index (χ3n) is 3.13. The quantitative estimate of drug-likeness (QED) is 0.791. The standard InChI is InChI=1S/C10H14N4S/c11-5-9-12-8-14(13-9)6-10(7-15)3-1-2-4-10/h8,15H,1-4,6-7H2. The van der Waals surface area contributed by atoms with Crippen molar-refractivity contribution in [2.75, 3.05) is 5.75 Å². The van der Waals surface area contributed by atoms with Gasteiger partial charge in [0.15, 0.2) is 0 Å². The van der Waals surface area contributed by atoms with Crippen LogP contribution in [0, 0.1) is 16.7 Å². The molecular formula is C10H14N4S. The Bertz CT molecular complexity index is 373. The van der Waals surface area contributed by atoms with Gasteiger partial charge in [-0.25, -0.2) is 4.98 Å². The molecule has 0 spiro atoms. The van der Waals surface area contributed by atoms with E-state index in [0.717, 1.165) is 12.3 Å². The van der Waals surface area contributed by atoms with E-state index in [1.807, 2.05) is 6.07 Å². The second-order valence-electron chi connectivity index (χ2n) is 4.24. The van der Waals surface area contributed by atoms with Gasteiger partial charge in [0.25, 0.3) is 5.82 Å². The second kappa shape index (κ2) is 4.23. The fourth-order valence-electron chi connectivity index (χ4n) is 2.26. The Morgan fingerprint density at radius 1 is 1.53 bits per heavy atom. The maximum atomic E-state index is 8.63. The van der Waals surface area contributed by atoms with Crippen molar-refractivity contribution in [1.29, 1.82) is 5.26 Å². The molecule has 0 bridgehead atoms. The molecule has 15 heavy (non-hydrogen) atoms. The predicted octanol–water partition coefficient (Wildman–Crippen LogP) is 1.64. The van der Waals surface area contributed by atoms with E-state index in [9.17, 15) is 0 Å². The molecule has 0 N–H and O–H groups in total. The first-order valence-corrected chi connectivity index (χ1v) is 5.82. The van der Waals surface area contributed by atoms with Crippen LogP contribution < -0.4 is 0 Å². The van der Waals surface area contributed by atoms with Gasteiger partial charge in [0.2, 0.25) is 0 Å². The van der Waals surface area contributed by atoms with E-state index in [1.54, 1.807) is 11.0 Å². The zero-order valence-corrected chi connectivity index (χ0v) is 9.45. The van der Waals surface area contributed by atoms with Crippen LogP contribution in [0.15, 0.2) is 6.33 Å². The topological polar surface area (TPSA) is 54.5 Å². The number of aromatic nitrogens is 3. The predicted molar refractivity (Wildman–Crippen MR) is 59.5 cm³/mol. The van der Waals surface area contributed by atoms with Gasteiger partial charge in [-0.15, -0.1) is 5.10 Å². The Balaban J connectivity index is 2.10. The lowest BCUT2D eigenvalue weighted by atomic mass is 9.89. The van der Waals surface area contributed by atoms with Crippen LogP contribution in [0.25, 0.3) is 0 Å². The van der Waals surface area contributed by atoms with Crippen molar-refractivity contribution < 1.29 is 0 Å². The van der Waals surface area contributed by atoms with E-state index in [2.05, 4.69) is 22.7 Å². The molecule has 0 aromatic carbocycles. The lowest BCUT2D eigenvalue weighted by molar-refractivity contribution is 0.276. The lowest BCUT2D eigenvalue weighted by Crippen LogP contribution is -2.25. The summed E-state index contributed by atoms with van der Waals surface area (Å²) in [6.45, 7) is 0.838. The van der Waals surface area contributed by atoms with Crippen LogP contribution in [0.1, 0.15) is 31.5 Å². The van der Waals surface area contributed by atoms with Gasteiger partial charge < -0.3 is 0 Å². The van der Waals surface area contributed by atoms with Crippen molar-refractivity contribution in [3.05, 3.63) is 12.2 Å². The van der Waals surface area contributed by atoms with Crippen molar-refractivity contribution in [2.45, 2.75) is 32.2 Å². The summed E-state index contributed by atoms with van der Waals surface area (Å²) in [5.41, 5.74) is 0.267. The average molecular weight is 222 g/mol. The molecule has 2 rings (SSSR count). The minimum Gasteiger partial charge on any atom is -0.251 e. The molecule has 5 heteroatoms. The van der Waals surface area contributed by atoms with Crippen LogP contribution in [-0.4, -0.2) is 20.5 Å². The maximum absolute atomic E-state index is 8.63. The van der Waals surface area contributed by atoms with Crippen LogP contribution in [-0.2, 0) is 6.54 Å². The van der Waals surface area contributed by atoms with Gasteiger partial charge in [0.05, 0.1) is 0 Å². The van der Waals surface area contributed by atoms with Crippen LogP contribution in [0.4, 0.5) is 0 Å². The van der Waals surface area contributed by atoms with Crippen LogP contribution in [0.3, 0.4) is 0 Å². The first-order chi connectivity index (χ1) is 7.28. The third kappa shape index (κ3) is 2.15. The Hall–Kier alpha value is -1.02. The Morgan fingerprint density at radius 3 is 2.80 bits per heavy atom. The summed E-state index contributed by atoms with van der Waals surface area (Å²) in [5, 5.41) is 12.7. The van der Waals surface area contributed by atoms with E-state index in [1.165, 1.54) is 25.7 Å². The SMILES string of the molecule is N#Cc1ncn(CC2(CS)CCCC2)n1. The van der Waals surface area contributed by atoms with Gasteiger partial charge in [-0.2, -0.15) is 17.9 Å². The van der Waals surface area contributed by atoms with Crippen LogP contribution in [0.2, 0.25) is 0 Å². The molecule has 80 valence electrons. The Morgan fingerprint density at radius 2 is 2.27 bits per heavy atom. The summed E-state index contributed by atoms with van der Waals surface area (Å²) in [4.78, 5) is 3.91. The van der Waals surface area contributed by atoms with Gasteiger partial charge in [-0.3, -0.25) is 4.68 Å². The molecule has 4 nitrogen and oxygen atoms in total. The molecule has 1 heterocycles. The summed E-state index contributed by atoms with van der Waals surface area (Å²) in [6.07, 6.45) is 6.61. The van der Waals surface area contributed by atoms with Crippen LogP contribution >= 0.6 is 12.6 Å². The van der Waals surface area contributed by atoms with E-state index >= 15 is 0 Å². The van der Waals surface area contributed by atoms with Crippen LogP contribution in [0.5, 0.6) is 0 Å². The minimum absolute atomic E-state index is 0.252. The van der Waals surface area contributed by atoms with E-state index < -0.39 is 0 Å². The van der Waals surface area contributed by atoms with Gasteiger partial charge in [-0.05, 0) is 24.0 Å². The molecular weight excluding hydrogens is 208 g/mol. The molecule has 0 aliphatic heterocycles. The first kappa shape index (κ1) is 10.5. The number of thiol groups is 1. The maximum Gasteiger partial charge on any atom is 0.252 e. The summed E-state index contributed by atoms with van der Waals surface area (Å²) in [6, 6.07) is 1.94. The molecule has 0 saturated heterocycles. The normalized spacial score (nSPS) is 18.9. The molecule has 1 aliphatic rings. The zero-order chi connectivity index (χ0) is 10.7. The van der Waals surface area contributed by atoms with E-state index in [4.69, 9.17) is 5.26 Å². The second-order valence-corrected chi connectivity index (χ2v) is 4.56. The number of nitriles is 1. The Kier molecular flexibility index (Phi) is 2.96. The van der Waals surface area contributed by atoms with E-state index in [-0.39, 0.29) is 11.2 Å². The number of nitrogens with zero attached hydrogens (tertiary/aromatic N) is 4. The molecule has 1 aliphatic carbocycles. The summed E-state index contributed by atoms with van der Waals surface area (Å²) >= 11 is 4.43. The molecule has 1 aromatic heterocycles. The molecule has 1 saturated carbocycles. The van der Waals surface area contributed by atoms with Gasteiger partial charge in [0, 0.05) is 6.54 Å². The van der Waals surface area contributed by atoms with Crippen molar-refractivity contribution in [2.24, 2.45) is 5.41 Å². The highest BCUT2D eigenvalue weighted by Gasteiger charge is 2.33. The highest BCUT2D eigenvalue weighted by molar-refractivity contribution is 7.80. The minimum atomic E-state index is 0.252. The summed E-state index contributed by atoms with van der Waals surface area (Å²) in [7, 11) is 0. The highest BCUT2D eigenvalue weighted by Crippen LogP contribution is 2.40. The zero-order valence-electron chi connectivity index (χ0n) is 8.56. The molecule has 0 unspecified atom stereocenters. The van der Waals surface area contributed by atoms with Gasteiger partial charge in [0.1, 0.15) is 12.4 Å². The summed E-state index contributed by atoms with van der Waals surface area (Å²) in [5.74, 6) is 1.14. The smallest absolute Gasteiger partial charge is 0.251 e. The number of rotatable bonds is 3.